The first-order valence-corrected chi connectivity index (χ1v) is 6.57. The zero-order valence-electron chi connectivity index (χ0n) is 9.72. The molecule has 17 heavy (non-hydrogen) atoms. The van der Waals surface area contributed by atoms with Crippen molar-refractivity contribution in [3.05, 3.63) is 11.6 Å². The summed E-state index contributed by atoms with van der Waals surface area (Å²) < 4.78 is 2.11. The summed E-state index contributed by atoms with van der Waals surface area (Å²) in [6.07, 6.45) is 6.47. The molecule has 1 aromatic rings. The van der Waals surface area contributed by atoms with Crippen LogP contribution in [0, 0.1) is 0 Å². The lowest BCUT2D eigenvalue weighted by molar-refractivity contribution is -0.124. The van der Waals surface area contributed by atoms with Crippen LogP contribution in [0.4, 0.5) is 0 Å². The number of amides is 1. The molecule has 2 aliphatic carbocycles. The predicted molar refractivity (Wildman–Crippen MR) is 60.5 cm³/mol. The van der Waals surface area contributed by atoms with E-state index in [0.29, 0.717) is 12.0 Å². The minimum Gasteiger partial charge on any atom is -0.352 e. The zero-order chi connectivity index (χ0) is 11.4. The SMILES string of the molecule is O=C(NC1CC1)C1CCc2nnc(C3CC3)n21. The second-order valence-electron chi connectivity index (χ2n) is 5.46. The third-order valence-electron chi connectivity index (χ3n) is 3.91. The Balaban J connectivity index is 1.62. The number of aryl methyl sites for hydroxylation is 1. The van der Waals surface area contributed by atoms with Crippen molar-refractivity contribution in [1.82, 2.24) is 20.1 Å². The van der Waals surface area contributed by atoms with Gasteiger partial charge in [0, 0.05) is 18.4 Å². The van der Waals surface area contributed by atoms with Crippen LogP contribution in [0.5, 0.6) is 0 Å². The van der Waals surface area contributed by atoms with Crippen molar-refractivity contribution in [3.8, 4) is 0 Å². The third-order valence-corrected chi connectivity index (χ3v) is 3.91. The molecule has 0 saturated heterocycles. The first-order chi connectivity index (χ1) is 8.33. The van der Waals surface area contributed by atoms with Gasteiger partial charge >= 0.3 is 0 Å². The van der Waals surface area contributed by atoms with Crippen LogP contribution >= 0.6 is 0 Å². The van der Waals surface area contributed by atoms with E-state index < -0.39 is 0 Å². The van der Waals surface area contributed by atoms with Crippen LogP contribution in [0.1, 0.15) is 55.7 Å². The van der Waals surface area contributed by atoms with Gasteiger partial charge in [0.1, 0.15) is 17.7 Å². The van der Waals surface area contributed by atoms with Crippen molar-refractivity contribution in [1.29, 1.82) is 0 Å². The fourth-order valence-electron chi connectivity index (χ4n) is 2.64. The van der Waals surface area contributed by atoms with E-state index in [1.165, 1.54) is 12.8 Å². The van der Waals surface area contributed by atoms with E-state index in [1.807, 2.05) is 0 Å². The molecule has 90 valence electrons. The van der Waals surface area contributed by atoms with Gasteiger partial charge in [-0.05, 0) is 32.1 Å². The van der Waals surface area contributed by atoms with Crippen molar-refractivity contribution >= 4 is 5.91 Å². The Kier molecular flexibility index (Phi) is 1.87. The van der Waals surface area contributed by atoms with Gasteiger partial charge in [-0.3, -0.25) is 4.79 Å². The second-order valence-corrected chi connectivity index (χ2v) is 5.46. The maximum absolute atomic E-state index is 12.2. The van der Waals surface area contributed by atoms with Crippen molar-refractivity contribution in [2.24, 2.45) is 0 Å². The molecule has 3 aliphatic rings. The monoisotopic (exact) mass is 232 g/mol. The van der Waals surface area contributed by atoms with E-state index >= 15 is 0 Å². The summed E-state index contributed by atoms with van der Waals surface area (Å²) in [5, 5.41) is 11.6. The highest BCUT2D eigenvalue weighted by Crippen LogP contribution is 2.42. The summed E-state index contributed by atoms with van der Waals surface area (Å²) in [5.74, 6) is 2.79. The number of aromatic nitrogens is 3. The van der Waals surface area contributed by atoms with Gasteiger partial charge in [0.05, 0.1) is 0 Å². The molecule has 1 amide bonds. The standard InChI is InChI=1S/C12H16N4O/c17-12(13-8-3-4-8)9-5-6-10-14-15-11(16(9)10)7-1-2-7/h7-9H,1-6H2,(H,13,17). The molecule has 4 rings (SSSR count). The van der Waals surface area contributed by atoms with Crippen molar-refractivity contribution < 1.29 is 4.79 Å². The Hall–Kier alpha value is -1.39. The fourth-order valence-corrected chi connectivity index (χ4v) is 2.64. The number of carbonyl (C=O) groups excluding carboxylic acids is 1. The second kappa shape index (κ2) is 3.31. The Morgan fingerprint density at radius 1 is 1.18 bits per heavy atom. The average molecular weight is 232 g/mol. The van der Waals surface area contributed by atoms with Crippen LogP contribution in [0.2, 0.25) is 0 Å². The molecule has 2 saturated carbocycles. The number of fused-ring (bicyclic) bond motifs is 1. The molecular formula is C12H16N4O. The quantitative estimate of drug-likeness (QED) is 0.843. The smallest absolute Gasteiger partial charge is 0.243 e. The molecular weight excluding hydrogens is 216 g/mol. The molecule has 0 bridgehead atoms. The van der Waals surface area contributed by atoms with Crippen LogP contribution in [-0.2, 0) is 11.2 Å². The lowest BCUT2D eigenvalue weighted by Gasteiger charge is -2.14. The molecule has 2 heterocycles. The summed E-state index contributed by atoms with van der Waals surface area (Å²) in [6, 6.07) is 0.392. The van der Waals surface area contributed by atoms with Crippen LogP contribution in [-0.4, -0.2) is 26.7 Å². The Morgan fingerprint density at radius 2 is 2.00 bits per heavy atom. The van der Waals surface area contributed by atoms with Gasteiger partial charge in [-0.15, -0.1) is 10.2 Å². The van der Waals surface area contributed by atoms with Crippen LogP contribution < -0.4 is 5.32 Å². The van der Waals surface area contributed by atoms with E-state index in [9.17, 15) is 4.79 Å². The molecule has 1 N–H and O–H groups in total. The first-order valence-electron chi connectivity index (χ1n) is 6.57. The highest BCUT2D eigenvalue weighted by Gasteiger charge is 2.39. The van der Waals surface area contributed by atoms with E-state index in [4.69, 9.17) is 0 Å². The molecule has 0 spiro atoms. The zero-order valence-corrected chi connectivity index (χ0v) is 9.72. The van der Waals surface area contributed by atoms with E-state index in [1.54, 1.807) is 0 Å². The Bertz CT molecular complexity index is 473. The van der Waals surface area contributed by atoms with Gasteiger partial charge < -0.3 is 9.88 Å². The van der Waals surface area contributed by atoms with E-state index in [0.717, 1.165) is 37.3 Å². The summed E-state index contributed by atoms with van der Waals surface area (Å²) >= 11 is 0. The maximum Gasteiger partial charge on any atom is 0.243 e. The minimum atomic E-state index is -0.0452. The van der Waals surface area contributed by atoms with Crippen molar-refractivity contribution in [3.63, 3.8) is 0 Å². The molecule has 1 aromatic heterocycles. The van der Waals surface area contributed by atoms with Crippen molar-refractivity contribution in [2.45, 2.75) is 56.5 Å². The van der Waals surface area contributed by atoms with Crippen LogP contribution in [0.25, 0.3) is 0 Å². The summed E-state index contributed by atoms with van der Waals surface area (Å²) in [4.78, 5) is 12.2. The number of nitrogens with one attached hydrogen (secondary N) is 1. The maximum atomic E-state index is 12.2. The molecule has 5 nitrogen and oxygen atoms in total. The first kappa shape index (κ1) is 9.62. The predicted octanol–water partition coefficient (Wildman–Crippen LogP) is 0.921. The number of hydrogen-bond donors (Lipinski definition) is 1. The molecule has 1 unspecified atom stereocenters. The normalized spacial score (nSPS) is 26.9. The van der Waals surface area contributed by atoms with Gasteiger partial charge in [-0.25, -0.2) is 0 Å². The highest BCUT2D eigenvalue weighted by atomic mass is 16.2. The largest absolute Gasteiger partial charge is 0.352 e. The van der Waals surface area contributed by atoms with Crippen LogP contribution in [0.15, 0.2) is 0 Å². The van der Waals surface area contributed by atoms with E-state index in [2.05, 4.69) is 20.1 Å². The fraction of sp³-hybridized carbons (Fsp3) is 0.750. The third kappa shape index (κ3) is 1.56. The number of hydrogen-bond acceptors (Lipinski definition) is 3. The van der Waals surface area contributed by atoms with E-state index in [-0.39, 0.29) is 11.9 Å². The molecule has 0 aromatic carbocycles. The minimum absolute atomic E-state index is 0.0452. The lowest BCUT2D eigenvalue weighted by Crippen LogP contribution is -2.33. The molecule has 0 radical (unpaired) electrons. The Labute approximate surface area is 99.6 Å². The Morgan fingerprint density at radius 3 is 2.71 bits per heavy atom. The molecule has 1 atom stereocenters. The lowest BCUT2D eigenvalue weighted by atomic mass is 10.2. The van der Waals surface area contributed by atoms with Crippen molar-refractivity contribution in [2.75, 3.05) is 0 Å². The summed E-state index contributed by atoms with van der Waals surface area (Å²) in [6.45, 7) is 0. The summed E-state index contributed by atoms with van der Waals surface area (Å²) in [7, 11) is 0. The topological polar surface area (TPSA) is 59.8 Å². The molecule has 1 aliphatic heterocycles. The number of rotatable bonds is 3. The average Bonchev–Trinajstić information content (AvgIpc) is 3.21. The van der Waals surface area contributed by atoms with Gasteiger partial charge in [0.25, 0.3) is 0 Å². The molecule has 5 heteroatoms. The summed E-state index contributed by atoms with van der Waals surface area (Å²) in [5.41, 5.74) is 0. The molecule has 2 fully saturated rings. The number of nitrogens with zero attached hydrogens (tertiary/aromatic N) is 3. The van der Waals surface area contributed by atoms with Gasteiger partial charge in [0.15, 0.2) is 0 Å². The van der Waals surface area contributed by atoms with Gasteiger partial charge in [-0.1, -0.05) is 0 Å². The van der Waals surface area contributed by atoms with Crippen LogP contribution in [0.3, 0.4) is 0 Å². The van der Waals surface area contributed by atoms with Gasteiger partial charge in [0.2, 0.25) is 5.91 Å². The van der Waals surface area contributed by atoms with Gasteiger partial charge in [-0.2, -0.15) is 0 Å². The number of carbonyl (C=O) groups is 1. The highest BCUT2D eigenvalue weighted by molar-refractivity contribution is 5.81.